The standard InChI is InChI=1S/C16H14O5/c1-20-14-7-6-13(9-17)15(8-14)21-10-11-2-4-12(5-3-11)16(18)19/h2-9H,10H2,1H3,(H,18,19). The number of aromatic carboxylic acids is 1. The third-order valence-corrected chi connectivity index (χ3v) is 2.94. The maximum Gasteiger partial charge on any atom is 0.335 e. The van der Waals surface area contributed by atoms with Crippen LogP contribution >= 0.6 is 0 Å². The normalized spacial score (nSPS) is 9.95. The van der Waals surface area contributed by atoms with Gasteiger partial charge >= 0.3 is 5.97 Å². The molecule has 0 aliphatic rings. The molecule has 0 radical (unpaired) electrons. The van der Waals surface area contributed by atoms with Crippen LogP contribution < -0.4 is 9.47 Å². The Balaban J connectivity index is 2.11. The van der Waals surface area contributed by atoms with Crippen LogP contribution in [-0.2, 0) is 6.61 Å². The monoisotopic (exact) mass is 286 g/mol. The summed E-state index contributed by atoms with van der Waals surface area (Å²) >= 11 is 0. The van der Waals surface area contributed by atoms with Crippen molar-refractivity contribution in [1.29, 1.82) is 0 Å². The lowest BCUT2D eigenvalue weighted by Gasteiger charge is -2.10. The molecule has 5 nitrogen and oxygen atoms in total. The molecule has 21 heavy (non-hydrogen) atoms. The minimum atomic E-state index is -0.974. The largest absolute Gasteiger partial charge is 0.497 e. The van der Waals surface area contributed by atoms with Gasteiger partial charge in [0.25, 0.3) is 0 Å². The third kappa shape index (κ3) is 3.60. The van der Waals surface area contributed by atoms with E-state index in [1.807, 2.05) is 0 Å². The van der Waals surface area contributed by atoms with Crippen molar-refractivity contribution in [2.45, 2.75) is 6.61 Å². The summed E-state index contributed by atoms with van der Waals surface area (Å²) in [5.74, 6) is 0.0435. The van der Waals surface area contributed by atoms with E-state index in [2.05, 4.69) is 0 Å². The molecule has 0 aromatic heterocycles. The van der Waals surface area contributed by atoms with Gasteiger partial charge in [-0.25, -0.2) is 4.79 Å². The zero-order valence-electron chi connectivity index (χ0n) is 11.4. The molecule has 0 heterocycles. The van der Waals surface area contributed by atoms with Gasteiger partial charge in [0.05, 0.1) is 18.2 Å². The number of carbonyl (C=O) groups excluding carboxylic acids is 1. The Hall–Kier alpha value is -2.82. The molecule has 0 spiro atoms. The van der Waals surface area contributed by atoms with Crippen LogP contribution in [0.1, 0.15) is 26.3 Å². The van der Waals surface area contributed by atoms with Crippen molar-refractivity contribution >= 4 is 12.3 Å². The number of methoxy groups -OCH3 is 1. The average molecular weight is 286 g/mol. The molecule has 0 aliphatic carbocycles. The lowest BCUT2D eigenvalue weighted by Crippen LogP contribution is -2.00. The molecule has 0 amide bonds. The summed E-state index contributed by atoms with van der Waals surface area (Å²) < 4.78 is 10.7. The van der Waals surface area contributed by atoms with Gasteiger partial charge in [-0.1, -0.05) is 12.1 Å². The van der Waals surface area contributed by atoms with Crippen molar-refractivity contribution in [3.8, 4) is 11.5 Å². The second-order valence-corrected chi connectivity index (χ2v) is 4.31. The molecule has 2 aromatic carbocycles. The fourth-order valence-electron chi connectivity index (χ4n) is 1.77. The Morgan fingerprint density at radius 1 is 1.19 bits per heavy atom. The summed E-state index contributed by atoms with van der Waals surface area (Å²) in [7, 11) is 1.53. The number of ether oxygens (including phenoxy) is 2. The van der Waals surface area contributed by atoms with Crippen LogP contribution in [0, 0.1) is 0 Å². The van der Waals surface area contributed by atoms with Gasteiger partial charge in [-0.05, 0) is 29.8 Å². The van der Waals surface area contributed by atoms with Crippen molar-refractivity contribution in [2.75, 3.05) is 7.11 Å². The van der Waals surface area contributed by atoms with Crippen molar-refractivity contribution < 1.29 is 24.2 Å². The number of carboxylic acid groups (broad SMARTS) is 1. The Morgan fingerprint density at radius 2 is 1.90 bits per heavy atom. The first-order valence-electron chi connectivity index (χ1n) is 6.22. The van der Waals surface area contributed by atoms with E-state index < -0.39 is 5.97 Å². The van der Waals surface area contributed by atoms with Crippen LogP contribution in [0.25, 0.3) is 0 Å². The molecule has 5 heteroatoms. The fraction of sp³-hybridized carbons (Fsp3) is 0.125. The summed E-state index contributed by atoms with van der Waals surface area (Å²) in [6.45, 7) is 0.230. The topological polar surface area (TPSA) is 72.8 Å². The van der Waals surface area contributed by atoms with Crippen molar-refractivity contribution in [3.05, 3.63) is 59.2 Å². The highest BCUT2D eigenvalue weighted by Crippen LogP contribution is 2.24. The molecule has 0 saturated heterocycles. The van der Waals surface area contributed by atoms with E-state index in [9.17, 15) is 9.59 Å². The second kappa shape index (κ2) is 6.56. The zero-order valence-corrected chi connectivity index (χ0v) is 11.4. The highest BCUT2D eigenvalue weighted by Gasteiger charge is 2.06. The molecule has 0 bridgehead atoms. The number of benzene rings is 2. The highest BCUT2D eigenvalue weighted by molar-refractivity contribution is 5.87. The Labute approximate surface area is 121 Å². The molecule has 108 valence electrons. The molecule has 0 atom stereocenters. The van der Waals surface area contributed by atoms with Crippen LogP contribution in [0.4, 0.5) is 0 Å². The first-order chi connectivity index (χ1) is 10.1. The van der Waals surface area contributed by atoms with E-state index in [-0.39, 0.29) is 12.2 Å². The van der Waals surface area contributed by atoms with E-state index in [1.54, 1.807) is 30.3 Å². The number of hydrogen-bond donors (Lipinski definition) is 1. The number of carbonyl (C=O) groups is 2. The molecule has 0 unspecified atom stereocenters. The Kier molecular flexibility index (Phi) is 4.56. The minimum Gasteiger partial charge on any atom is -0.497 e. The maximum absolute atomic E-state index is 11.0. The molecule has 1 N–H and O–H groups in total. The van der Waals surface area contributed by atoms with Gasteiger partial charge in [-0.2, -0.15) is 0 Å². The highest BCUT2D eigenvalue weighted by atomic mass is 16.5. The lowest BCUT2D eigenvalue weighted by atomic mass is 10.1. The van der Waals surface area contributed by atoms with Crippen LogP contribution in [0.3, 0.4) is 0 Å². The van der Waals surface area contributed by atoms with E-state index >= 15 is 0 Å². The first-order valence-corrected chi connectivity index (χ1v) is 6.22. The van der Waals surface area contributed by atoms with Crippen LogP contribution in [0.5, 0.6) is 11.5 Å². The lowest BCUT2D eigenvalue weighted by molar-refractivity contribution is 0.0696. The Morgan fingerprint density at radius 3 is 2.48 bits per heavy atom. The molecular formula is C16H14O5. The minimum absolute atomic E-state index is 0.216. The fourth-order valence-corrected chi connectivity index (χ4v) is 1.77. The first kappa shape index (κ1) is 14.6. The molecule has 0 aliphatic heterocycles. The number of carboxylic acids is 1. The number of aldehydes is 1. The summed E-state index contributed by atoms with van der Waals surface area (Å²) in [5.41, 5.74) is 1.45. The van der Waals surface area contributed by atoms with Gasteiger partial charge in [-0.3, -0.25) is 4.79 Å². The second-order valence-electron chi connectivity index (χ2n) is 4.31. The van der Waals surface area contributed by atoms with Crippen molar-refractivity contribution in [3.63, 3.8) is 0 Å². The van der Waals surface area contributed by atoms with Gasteiger partial charge in [0.1, 0.15) is 18.1 Å². The summed E-state index contributed by atoms with van der Waals surface area (Å²) in [6, 6.07) is 11.3. The van der Waals surface area contributed by atoms with Crippen LogP contribution in [0.2, 0.25) is 0 Å². The molecule has 2 rings (SSSR count). The average Bonchev–Trinajstić information content (AvgIpc) is 2.52. The predicted octanol–water partition coefficient (Wildman–Crippen LogP) is 2.78. The zero-order chi connectivity index (χ0) is 15.2. The van der Waals surface area contributed by atoms with Gasteiger partial charge in [0.2, 0.25) is 0 Å². The van der Waals surface area contributed by atoms with Gasteiger partial charge in [0, 0.05) is 6.07 Å². The molecule has 0 saturated carbocycles. The SMILES string of the molecule is COc1ccc(C=O)c(OCc2ccc(C(=O)O)cc2)c1. The summed E-state index contributed by atoms with van der Waals surface area (Å²) in [5, 5.41) is 8.83. The van der Waals surface area contributed by atoms with E-state index in [1.165, 1.54) is 19.2 Å². The smallest absolute Gasteiger partial charge is 0.335 e. The van der Waals surface area contributed by atoms with Crippen LogP contribution in [0.15, 0.2) is 42.5 Å². The van der Waals surface area contributed by atoms with E-state index in [0.717, 1.165) is 5.56 Å². The molecule has 2 aromatic rings. The van der Waals surface area contributed by atoms with E-state index in [0.29, 0.717) is 23.3 Å². The van der Waals surface area contributed by atoms with Gasteiger partial charge in [-0.15, -0.1) is 0 Å². The maximum atomic E-state index is 11.0. The molecule has 0 fully saturated rings. The Bertz CT molecular complexity index is 646. The van der Waals surface area contributed by atoms with Crippen molar-refractivity contribution in [1.82, 2.24) is 0 Å². The van der Waals surface area contributed by atoms with Crippen LogP contribution in [-0.4, -0.2) is 24.5 Å². The number of rotatable bonds is 6. The summed E-state index contributed by atoms with van der Waals surface area (Å²) in [4.78, 5) is 21.7. The van der Waals surface area contributed by atoms with Gasteiger partial charge in [0.15, 0.2) is 6.29 Å². The summed E-state index contributed by atoms with van der Waals surface area (Å²) in [6.07, 6.45) is 0.711. The predicted molar refractivity (Wildman–Crippen MR) is 76.1 cm³/mol. The number of hydrogen-bond acceptors (Lipinski definition) is 4. The molecular weight excluding hydrogens is 272 g/mol. The van der Waals surface area contributed by atoms with E-state index in [4.69, 9.17) is 14.6 Å². The quantitative estimate of drug-likeness (QED) is 0.827. The van der Waals surface area contributed by atoms with Crippen molar-refractivity contribution in [2.24, 2.45) is 0 Å². The van der Waals surface area contributed by atoms with Gasteiger partial charge < -0.3 is 14.6 Å². The third-order valence-electron chi connectivity index (χ3n) is 2.94.